The van der Waals surface area contributed by atoms with Crippen LogP contribution in [0.2, 0.25) is 0 Å². The van der Waals surface area contributed by atoms with Crippen LogP contribution >= 0.6 is 0 Å². The van der Waals surface area contributed by atoms with Crippen LogP contribution in [-0.2, 0) is 4.74 Å². The minimum absolute atomic E-state index is 0.0300. The molecule has 8 nitrogen and oxygen atoms in total. The smallest absolute Gasteiger partial charge is 0.271 e. The largest absolute Gasteiger partial charge is 0.375 e. The number of primary amides is 1. The van der Waals surface area contributed by atoms with Crippen LogP contribution < -0.4 is 5.73 Å². The van der Waals surface area contributed by atoms with Crippen molar-refractivity contribution in [1.82, 2.24) is 19.3 Å². The van der Waals surface area contributed by atoms with Gasteiger partial charge in [-0.3, -0.25) is 14.0 Å². The number of imidazole rings is 1. The normalized spacial score (nSPS) is 17.2. The molecule has 27 heavy (non-hydrogen) atoms. The Morgan fingerprint density at radius 1 is 1.26 bits per heavy atom. The van der Waals surface area contributed by atoms with Crippen molar-refractivity contribution in [3.8, 4) is 11.3 Å². The molecule has 2 aromatic heterocycles. The molecule has 3 aromatic rings. The van der Waals surface area contributed by atoms with E-state index in [1.54, 1.807) is 11.0 Å². The average Bonchev–Trinajstić information content (AvgIpc) is 3.11. The predicted molar refractivity (Wildman–Crippen MR) is 98.3 cm³/mol. The molecule has 0 aliphatic carbocycles. The lowest BCUT2D eigenvalue weighted by molar-refractivity contribution is -0.0126. The zero-order valence-corrected chi connectivity index (χ0v) is 14.8. The third-order valence-corrected chi connectivity index (χ3v) is 4.55. The van der Waals surface area contributed by atoms with E-state index < -0.39 is 5.91 Å². The maximum atomic E-state index is 13.2. The van der Waals surface area contributed by atoms with Crippen LogP contribution in [0.1, 0.15) is 27.9 Å². The Balaban J connectivity index is 1.88. The van der Waals surface area contributed by atoms with Crippen molar-refractivity contribution in [2.75, 3.05) is 19.7 Å². The summed E-state index contributed by atoms with van der Waals surface area (Å²) in [4.78, 5) is 35.3. The Bertz CT molecular complexity index is 1010. The number of carbonyl (C=O) groups is 2. The van der Waals surface area contributed by atoms with Crippen molar-refractivity contribution >= 4 is 17.5 Å². The van der Waals surface area contributed by atoms with E-state index >= 15 is 0 Å². The molecule has 2 amide bonds. The van der Waals surface area contributed by atoms with E-state index in [2.05, 4.69) is 9.97 Å². The molecule has 1 aromatic carbocycles. The number of morpholine rings is 1. The fourth-order valence-corrected chi connectivity index (χ4v) is 3.23. The highest BCUT2D eigenvalue weighted by atomic mass is 16.5. The van der Waals surface area contributed by atoms with Gasteiger partial charge >= 0.3 is 0 Å². The van der Waals surface area contributed by atoms with Gasteiger partial charge in [0.05, 0.1) is 18.4 Å². The van der Waals surface area contributed by atoms with Crippen molar-refractivity contribution < 1.29 is 14.3 Å². The van der Waals surface area contributed by atoms with Crippen LogP contribution in [0.3, 0.4) is 0 Å². The lowest BCUT2D eigenvalue weighted by Crippen LogP contribution is -2.45. The molecule has 8 heteroatoms. The summed E-state index contributed by atoms with van der Waals surface area (Å²) in [6, 6.07) is 11.2. The zero-order chi connectivity index (χ0) is 19.0. The van der Waals surface area contributed by atoms with E-state index in [0.717, 1.165) is 5.56 Å². The number of fused-ring (bicyclic) bond motifs is 1. The number of hydrogen-bond acceptors (Lipinski definition) is 5. The first-order valence-corrected chi connectivity index (χ1v) is 8.69. The molecular formula is C19H19N5O3. The van der Waals surface area contributed by atoms with Gasteiger partial charge in [0.2, 0.25) is 0 Å². The Kier molecular flexibility index (Phi) is 4.33. The predicted octanol–water partition coefficient (Wildman–Crippen LogP) is 1.36. The van der Waals surface area contributed by atoms with Gasteiger partial charge in [0.25, 0.3) is 11.8 Å². The average molecular weight is 365 g/mol. The topological polar surface area (TPSA) is 103 Å². The summed E-state index contributed by atoms with van der Waals surface area (Å²) in [5.74, 6) is -0.850. The van der Waals surface area contributed by atoms with E-state index in [1.807, 2.05) is 37.3 Å². The van der Waals surface area contributed by atoms with Gasteiger partial charge in [-0.15, -0.1) is 0 Å². The highest BCUT2D eigenvalue weighted by Crippen LogP contribution is 2.22. The number of benzene rings is 1. The third kappa shape index (κ3) is 3.15. The van der Waals surface area contributed by atoms with Crippen molar-refractivity contribution in [2.45, 2.75) is 13.0 Å². The molecule has 0 spiro atoms. The summed E-state index contributed by atoms with van der Waals surface area (Å²) in [6.07, 6.45) is 1.38. The standard InChI is InChI=1S/C19H19N5O3/c1-12-10-23(7-8-27-12)19(26)15-9-14(13-5-3-2-4-6-13)22-18-16(17(20)25)21-11-24(15)18/h2-6,9,11-12H,7-8,10H2,1H3,(H2,20,25). The first kappa shape index (κ1) is 17.2. The number of rotatable bonds is 3. The van der Waals surface area contributed by atoms with E-state index in [9.17, 15) is 9.59 Å². The van der Waals surface area contributed by atoms with Gasteiger partial charge in [-0.2, -0.15) is 0 Å². The van der Waals surface area contributed by atoms with Crippen LogP contribution in [0.5, 0.6) is 0 Å². The number of hydrogen-bond donors (Lipinski definition) is 1. The SMILES string of the molecule is CC1CN(C(=O)c2cc(-c3ccccc3)nc3c(C(N)=O)ncn23)CCO1. The fraction of sp³-hybridized carbons (Fsp3) is 0.263. The maximum absolute atomic E-state index is 13.2. The van der Waals surface area contributed by atoms with E-state index in [1.165, 1.54) is 10.7 Å². The first-order valence-electron chi connectivity index (χ1n) is 8.69. The van der Waals surface area contributed by atoms with Gasteiger partial charge in [0.15, 0.2) is 11.3 Å². The van der Waals surface area contributed by atoms with Crippen LogP contribution in [0.4, 0.5) is 0 Å². The summed E-state index contributed by atoms with van der Waals surface area (Å²) in [6.45, 7) is 3.42. The van der Waals surface area contributed by atoms with Gasteiger partial charge in [-0.25, -0.2) is 9.97 Å². The van der Waals surface area contributed by atoms with Gasteiger partial charge in [0, 0.05) is 18.7 Å². The molecule has 0 saturated carbocycles. The van der Waals surface area contributed by atoms with Crippen LogP contribution in [0.25, 0.3) is 16.9 Å². The second-order valence-electron chi connectivity index (χ2n) is 6.48. The first-order chi connectivity index (χ1) is 13.0. The van der Waals surface area contributed by atoms with Crippen molar-refractivity contribution in [3.05, 3.63) is 54.1 Å². The quantitative estimate of drug-likeness (QED) is 0.755. The van der Waals surface area contributed by atoms with Gasteiger partial charge in [0.1, 0.15) is 12.0 Å². The second kappa shape index (κ2) is 6.81. The lowest BCUT2D eigenvalue weighted by Gasteiger charge is -2.31. The summed E-state index contributed by atoms with van der Waals surface area (Å²) in [7, 11) is 0. The maximum Gasteiger partial charge on any atom is 0.271 e. The Morgan fingerprint density at radius 3 is 2.74 bits per heavy atom. The summed E-state index contributed by atoms with van der Waals surface area (Å²) in [5, 5.41) is 0. The molecule has 0 bridgehead atoms. The molecule has 1 aliphatic rings. The number of nitrogens with zero attached hydrogens (tertiary/aromatic N) is 4. The Labute approximate surface area is 155 Å². The van der Waals surface area contributed by atoms with E-state index in [-0.39, 0.29) is 23.4 Å². The monoisotopic (exact) mass is 365 g/mol. The molecule has 0 radical (unpaired) electrons. The number of ether oxygens (including phenoxy) is 1. The van der Waals surface area contributed by atoms with Crippen LogP contribution in [0.15, 0.2) is 42.7 Å². The number of nitrogens with two attached hydrogens (primary N) is 1. The van der Waals surface area contributed by atoms with Crippen LogP contribution in [-0.4, -0.2) is 56.9 Å². The molecule has 1 atom stereocenters. The molecule has 138 valence electrons. The number of carbonyl (C=O) groups excluding carboxylic acids is 2. The lowest BCUT2D eigenvalue weighted by atomic mass is 10.1. The second-order valence-corrected chi connectivity index (χ2v) is 6.48. The molecule has 4 rings (SSSR count). The van der Waals surface area contributed by atoms with Crippen molar-refractivity contribution in [3.63, 3.8) is 0 Å². The van der Waals surface area contributed by atoms with Gasteiger partial charge < -0.3 is 15.4 Å². The van der Waals surface area contributed by atoms with Gasteiger partial charge in [-0.05, 0) is 13.0 Å². The Morgan fingerprint density at radius 2 is 2.04 bits per heavy atom. The van der Waals surface area contributed by atoms with Gasteiger partial charge in [-0.1, -0.05) is 30.3 Å². The summed E-state index contributed by atoms with van der Waals surface area (Å²) < 4.78 is 7.05. The molecule has 2 N–H and O–H groups in total. The van der Waals surface area contributed by atoms with Crippen molar-refractivity contribution in [2.24, 2.45) is 5.73 Å². The molecule has 1 saturated heterocycles. The fourth-order valence-electron chi connectivity index (χ4n) is 3.23. The highest BCUT2D eigenvalue weighted by molar-refractivity contribution is 5.99. The summed E-state index contributed by atoms with van der Waals surface area (Å²) in [5.41, 5.74) is 7.54. The Hall–Kier alpha value is -3.26. The van der Waals surface area contributed by atoms with E-state index in [4.69, 9.17) is 10.5 Å². The van der Waals surface area contributed by atoms with Crippen LogP contribution in [0, 0.1) is 0 Å². The number of aromatic nitrogens is 3. The molecule has 1 fully saturated rings. The molecule has 1 aliphatic heterocycles. The molecular weight excluding hydrogens is 346 g/mol. The highest BCUT2D eigenvalue weighted by Gasteiger charge is 2.26. The molecule has 3 heterocycles. The van der Waals surface area contributed by atoms with Crippen molar-refractivity contribution in [1.29, 1.82) is 0 Å². The number of amides is 2. The third-order valence-electron chi connectivity index (χ3n) is 4.55. The summed E-state index contributed by atoms with van der Waals surface area (Å²) >= 11 is 0. The minimum atomic E-state index is -0.686. The van der Waals surface area contributed by atoms with E-state index in [0.29, 0.717) is 31.1 Å². The molecule has 1 unspecified atom stereocenters. The zero-order valence-electron chi connectivity index (χ0n) is 14.8. The minimum Gasteiger partial charge on any atom is -0.375 e.